The van der Waals surface area contributed by atoms with Crippen LogP contribution in [-0.4, -0.2) is 35.4 Å². The van der Waals surface area contributed by atoms with Crippen LogP contribution in [0.15, 0.2) is 48.5 Å². The number of carbonyl (C=O) groups excluding carboxylic acids is 3. The average molecular weight is 468 g/mol. The quantitative estimate of drug-likeness (QED) is 0.225. The van der Waals surface area contributed by atoms with Gasteiger partial charge >= 0.3 is 11.9 Å². The smallest absolute Gasteiger partial charge is 0.339 e. The normalized spacial score (nSPS) is 19.9. The Bertz CT molecular complexity index is 1080. The molecule has 2 aromatic carbocycles. The zero-order chi connectivity index (χ0) is 24.8. The van der Waals surface area contributed by atoms with Crippen molar-refractivity contribution in [2.24, 2.45) is 17.8 Å². The second kappa shape index (κ2) is 11.0. The molecule has 0 bridgehead atoms. The summed E-state index contributed by atoms with van der Waals surface area (Å²) in [4.78, 5) is 48.4. The van der Waals surface area contributed by atoms with Gasteiger partial charge in [-0.1, -0.05) is 51.5 Å². The summed E-state index contributed by atoms with van der Waals surface area (Å²) >= 11 is 0. The van der Waals surface area contributed by atoms with E-state index in [1.807, 2.05) is 0 Å². The molecule has 180 valence electrons. The maximum Gasteiger partial charge on any atom is 0.339 e. The summed E-state index contributed by atoms with van der Waals surface area (Å²) < 4.78 is 11.0. The highest BCUT2D eigenvalue weighted by molar-refractivity contribution is 6.04. The Balaban J connectivity index is 1.70. The lowest BCUT2D eigenvalue weighted by Crippen LogP contribution is -2.36. The number of nitro benzene ring substituents is 1. The van der Waals surface area contributed by atoms with E-state index in [1.165, 1.54) is 30.3 Å². The molecular formula is C26H29NO7. The molecule has 0 aliphatic heterocycles. The number of carbonyl (C=O) groups is 3. The van der Waals surface area contributed by atoms with Crippen LogP contribution in [0.3, 0.4) is 0 Å². The summed E-state index contributed by atoms with van der Waals surface area (Å²) in [7, 11) is 0. The van der Waals surface area contributed by atoms with Gasteiger partial charge in [0.05, 0.1) is 16.1 Å². The van der Waals surface area contributed by atoms with Crippen LogP contribution >= 0.6 is 0 Å². The minimum Gasteiger partial charge on any atom is -0.458 e. The van der Waals surface area contributed by atoms with Crippen LogP contribution in [0.25, 0.3) is 0 Å². The molecule has 1 aliphatic carbocycles. The molecule has 1 fully saturated rings. The molecule has 0 spiro atoms. The van der Waals surface area contributed by atoms with Crippen LogP contribution < -0.4 is 0 Å². The molecule has 1 saturated carbocycles. The van der Waals surface area contributed by atoms with Crippen molar-refractivity contribution >= 4 is 23.4 Å². The van der Waals surface area contributed by atoms with Gasteiger partial charge in [0.1, 0.15) is 6.10 Å². The topological polar surface area (TPSA) is 113 Å². The second-order valence-electron chi connectivity index (χ2n) is 9.12. The van der Waals surface area contributed by atoms with E-state index >= 15 is 0 Å². The molecule has 3 atom stereocenters. The number of ether oxygens (including phenoxy) is 2. The lowest BCUT2D eigenvalue weighted by molar-refractivity contribution is -0.384. The van der Waals surface area contributed by atoms with Gasteiger partial charge in [-0.05, 0) is 42.7 Å². The van der Waals surface area contributed by atoms with Crippen LogP contribution in [-0.2, 0) is 9.47 Å². The summed E-state index contributed by atoms with van der Waals surface area (Å²) in [5.74, 6) is -0.955. The number of hydrogen-bond acceptors (Lipinski definition) is 7. The molecule has 34 heavy (non-hydrogen) atoms. The number of Topliss-reactive ketones (excluding diaryl/α,β-unsaturated/α-hetero) is 1. The largest absolute Gasteiger partial charge is 0.458 e. The Morgan fingerprint density at radius 1 is 1.03 bits per heavy atom. The number of ketones is 1. The van der Waals surface area contributed by atoms with Crippen molar-refractivity contribution in [3.8, 4) is 0 Å². The summed E-state index contributed by atoms with van der Waals surface area (Å²) in [5, 5.41) is 10.9. The third kappa shape index (κ3) is 6.07. The van der Waals surface area contributed by atoms with Crippen molar-refractivity contribution in [2.75, 3.05) is 6.61 Å². The number of esters is 2. The minimum atomic E-state index is -0.844. The second-order valence-corrected chi connectivity index (χ2v) is 9.12. The van der Waals surface area contributed by atoms with E-state index < -0.39 is 29.3 Å². The summed E-state index contributed by atoms with van der Waals surface area (Å²) in [6, 6.07) is 11.3. The molecule has 0 unspecified atom stereocenters. The summed E-state index contributed by atoms with van der Waals surface area (Å²) in [6.45, 7) is 5.76. The number of hydrogen-bond donors (Lipinski definition) is 0. The van der Waals surface area contributed by atoms with Gasteiger partial charge < -0.3 is 9.47 Å². The van der Waals surface area contributed by atoms with Gasteiger partial charge in [0.2, 0.25) is 5.78 Å². The first-order valence-corrected chi connectivity index (χ1v) is 11.4. The van der Waals surface area contributed by atoms with Crippen molar-refractivity contribution < 1.29 is 28.8 Å². The first-order valence-electron chi connectivity index (χ1n) is 11.4. The zero-order valence-electron chi connectivity index (χ0n) is 19.6. The Hall–Kier alpha value is -3.55. The molecule has 0 saturated heterocycles. The fraction of sp³-hybridized carbons (Fsp3) is 0.423. The zero-order valence-corrected chi connectivity index (χ0v) is 19.6. The third-order valence-electron chi connectivity index (χ3n) is 6.30. The highest BCUT2D eigenvalue weighted by atomic mass is 16.6. The van der Waals surface area contributed by atoms with E-state index in [0.717, 1.165) is 25.3 Å². The maximum absolute atomic E-state index is 13.0. The van der Waals surface area contributed by atoms with Crippen molar-refractivity contribution in [3.63, 3.8) is 0 Å². The van der Waals surface area contributed by atoms with Crippen LogP contribution in [0.5, 0.6) is 0 Å². The fourth-order valence-electron chi connectivity index (χ4n) is 4.38. The molecule has 1 aliphatic rings. The Labute approximate surface area is 198 Å². The van der Waals surface area contributed by atoms with Crippen LogP contribution in [0.2, 0.25) is 0 Å². The summed E-state index contributed by atoms with van der Waals surface area (Å²) in [5.41, 5.74) is -0.0943. The van der Waals surface area contributed by atoms with Gasteiger partial charge in [0.15, 0.2) is 6.61 Å². The Morgan fingerprint density at radius 2 is 1.71 bits per heavy atom. The molecule has 0 heterocycles. The minimum absolute atomic E-state index is 0.00398. The number of benzene rings is 2. The number of nitro groups is 1. The SMILES string of the molecule is CC(C)[C@@H]1CC[C@H](C)C[C@H]1OC(=O)c1ccccc1C(=O)OCC(=O)c1cccc([N+](=O)[O-])c1. The van der Waals surface area contributed by atoms with Crippen molar-refractivity contribution in [3.05, 3.63) is 75.3 Å². The Morgan fingerprint density at radius 3 is 2.35 bits per heavy atom. The molecule has 8 heteroatoms. The van der Waals surface area contributed by atoms with Crippen LogP contribution in [0, 0.1) is 27.9 Å². The van der Waals surface area contributed by atoms with Gasteiger partial charge in [-0.3, -0.25) is 14.9 Å². The number of non-ortho nitro benzene ring substituents is 1. The van der Waals surface area contributed by atoms with E-state index in [0.29, 0.717) is 11.8 Å². The standard InChI is InChI=1S/C26H29NO7/c1-16(2)20-12-11-17(3)13-24(20)34-26(30)22-10-5-4-9-21(22)25(29)33-15-23(28)18-7-6-8-19(14-18)27(31)32/h4-10,14,16-17,20,24H,11-13,15H2,1-3H3/t17-,20-,24+/m0/s1. The lowest BCUT2D eigenvalue weighted by atomic mass is 9.75. The van der Waals surface area contributed by atoms with Crippen molar-refractivity contribution in [1.29, 1.82) is 0 Å². The van der Waals surface area contributed by atoms with Crippen molar-refractivity contribution in [2.45, 2.75) is 46.1 Å². The van der Waals surface area contributed by atoms with Crippen molar-refractivity contribution in [1.82, 2.24) is 0 Å². The molecule has 0 aromatic heterocycles. The molecule has 0 N–H and O–H groups in total. The molecular weight excluding hydrogens is 438 g/mol. The third-order valence-corrected chi connectivity index (χ3v) is 6.30. The maximum atomic E-state index is 13.0. The Kier molecular flexibility index (Phi) is 8.15. The van der Waals surface area contributed by atoms with Gasteiger partial charge in [-0.2, -0.15) is 0 Å². The van der Waals surface area contributed by atoms with E-state index in [2.05, 4.69) is 20.8 Å². The van der Waals surface area contributed by atoms with Crippen LogP contribution in [0.1, 0.15) is 71.1 Å². The molecule has 0 radical (unpaired) electrons. The van der Waals surface area contributed by atoms with Gasteiger partial charge in [0.25, 0.3) is 5.69 Å². The highest BCUT2D eigenvalue weighted by Gasteiger charge is 2.34. The predicted octanol–water partition coefficient (Wildman–Crippen LogP) is 5.25. The van der Waals surface area contributed by atoms with Gasteiger partial charge in [0, 0.05) is 17.7 Å². The van der Waals surface area contributed by atoms with E-state index in [4.69, 9.17) is 9.47 Å². The van der Waals surface area contributed by atoms with E-state index in [1.54, 1.807) is 12.1 Å². The van der Waals surface area contributed by atoms with E-state index in [-0.39, 0.29) is 34.4 Å². The first-order chi connectivity index (χ1) is 16.2. The summed E-state index contributed by atoms with van der Waals surface area (Å²) in [6.07, 6.45) is 2.63. The molecule has 2 aromatic rings. The highest BCUT2D eigenvalue weighted by Crippen LogP contribution is 2.35. The predicted molar refractivity (Wildman–Crippen MR) is 125 cm³/mol. The molecule has 8 nitrogen and oxygen atoms in total. The molecule has 3 rings (SSSR count). The first kappa shape index (κ1) is 25.1. The lowest BCUT2D eigenvalue weighted by Gasteiger charge is -2.36. The van der Waals surface area contributed by atoms with Gasteiger partial charge in [-0.15, -0.1) is 0 Å². The van der Waals surface area contributed by atoms with E-state index in [9.17, 15) is 24.5 Å². The monoisotopic (exact) mass is 467 g/mol. The van der Waals surface area contributed by atoms with Gasteiger partial charge in [-0.25, -0.2) is 9.59 Å². The number of rotatable bonds is 8. The number of nitrogens with zero attached hydrogens (tertiary/aromatic N) is 1. The fourth-order valence-corrected chi connectivity index (χ4v) is 4.38. The molecule has 0 amide bonds. The average Bonchev–Trinajstić information content (AvgIpc) is 2.82. The van der Waals surface area contributed by atoms with Crippen LogP contribution in [0.4, 0.5) is 5.69 Å².